The van der Waals surface area contributed by atoms with Gasteiger partial charge in [0.05, 0.1) is 25.2 Å². The van der Waals surface area contributed by atoms with E-state index in [1.807, 2.05) is 50.2 Å². The fraction of sp³-hybridized carbons (Fsp3) is 0.444. The number of ketones is 1. The number of hydrogen-bond acceptors (Lipinski definition) is 9. The number of H-pyrrole nitrogens is 1. The molecule has 1 fully saturated rings. The van der Waals surface area contributed by atoms with Crippen LogP contribution < -0.4 is 26.6 Å². The molecule has 0 bridgehead atoms. The van der Waals surface area contributed by atoms with Gasteiger partial charge < -0.3 is 24.8 Å². The number of methoxy groups -OCH3 is 1. The highest BCUT2D eigenvalue weighted by Gasteiger charge is 2.38. The second-order valence-corrected chi connectivity index (χ2v) is 11.6. The number of nitrogens with zero attached hydrogens (tertiary/aromatic N) is 1. The maximum Gasteiger partial charge on any atom is 0.330 e. The Bertz CT molecular complexity index is 1790. The van der Waals surface area contributed by atoms with Crippen molar-refractivity contribution >= 4 is 40.4 Å². The standard InChI is InChI=1S/C35H42N4O9.CH4/c1-5-28-29(48-33(43)15-14-30(41)36-3)19-32(47-28)39-20-25(34(44)38-35(39)45)11-13-31(42)37-16-6-7-27(40)21(2)22-8-9-24-18-26(46-4)12-10-23(24)17-22;/h8-13,17-18,20-21,28-29,32H,5-7,14-16,19H2,1-4H3,(H,36,41)(H,37,42)(H,38,44,45);1H4/b13-11+;/t21-,28+,29?,32+;/m0./s1. The summed E-state index contributed by atoms with van der Waals surface area (Å²) in [5.74, 6) is -0.787. The average molecular weight is 679 g/mol. The van der Waals surface area contributed by atoms with Crippen molar-refractivity contribution < 1.29 is 33.4 Å². The molecule has 13 heteroatoms. The third-order valence-corrected chi connectivity index (χ3v) is 8.37. The van der Waals surface area contributed by atoms with Crippen LogP contribution in [0.5, 0.6) is 5.75 Å². The van der Waals surface area contributed by atoms with Gasteiger partial charge >= 0.3 is 11.7 Å². The number of ether oxygens (including phenoxy) is 3. The molecule has 3 N–H and O–H groups in total. The molecule has 2 heterocycles. The molecule has 1 aromatic heterocycles. The SMILES string of the molecule is C.CC[C@H]1O[C@@H](n2cc(/C=C/C(=O)NCCCC(=O)[C@@H](C)c3ccc4cc(OC)ccc4c3)c(=O)[nH]c2=O)CC1OC(=O)CCC(=O)NC. The molecule has 0 saturated carbocycles. The number of rotatable bonds is 15. The highest BCUT2D eigenvalue weighted by atomic mass is 16.6. The van der Waals surface area contributed by atoms with E-state index < -0.39 is 41.6 Å². The number of nitrogens with one attached hydrogen (secondary N) is 3. The Labute approximate surface area is 285 Å². The number of esters is 1. The summed E-state index contributed by atoms with van der Waals surface area (Å²) >= 11 is 0. The Balaban J connectivity index is 0.00000650. The molecule has 0 spiro atoms. The number of aromatic nitrogens is 2. The smallest absolute Gasteiger partial charge is 0.330 e. The molecule has 4 atom stereocenters. The van der Waals surface area contributed by atoms with Crippen molar-refractivity contribution in [2.45, 2.75) is 84.2 Å². The third kappa shape index (κ3) is 10.2. The lowest BCUT2D eigenvalue weighted by molar-refractivity contribution is -0.153. The quantitative estimate of drug-likeness (QED) is 0.123. The predicted molar refractivity (Wildman–Crippen MR) is 185 cm³/mol. The fourth-order valence-corrected chi connectivity index (χ4v) is 5.50. The molecule has 0 aliphatic carbocycles. The summed E-state index contributed by atoms with van der Waals surface area (Å²) in [7, 11) is 3.10. The Kier molecular flexibility index (Phi) is 14.0. The Morgan fingerprint density at radius 1 is 1.08 bits per heavy atom. The molecular formula is C36H46N4O9. The number of benzene rings is 2. The van der Waals surface area contributed by atoms with Crippen molar-refractivity contribution in [2.24, 2.45) is 0 Å². The van der Waals surface area contributed by atoms with E-state index in [-0.39, 0.29) is 62.8 Å². The first-order valence-corrected chi connectivity index (χ1v) is 16.0. The molecule has 264 valence electrons. The lowest BCUT2D eigenvalue weighted by atomic mass is 9.92. The molecule has 3 aromatic rings. The molecule has 2 aromatic carbocycles. The van der Waals surface area contributed by atoms with E-state index in [4.69, 9.17) is 14.2 Å². The first-order valence-electron chi connectivity index (χ1n) is 16.0. The molecular weight excluding hydrogens is 632 g/mol. The van der Waals surface area contributed by atoms with Gasteiger partial charge in [-0.2, -0.15) is 0 Å². The maximum atomic E-state index is 12.9. The molecule has 0 radical (unpaired) electrons. The second-order valence-electron chi connectivity index (χ2n) is 11.6. The topological polar surface area (TPSA) is 175 Å². The number of hydrogen-bond donors (Lipinski definition) is 3. The Hall–Kier alpha value is -5.04. The van der Waals surface area contributed by atoms with E-state index in [0.29, 0.717) is 12.8 Å². The summed E-state index contributed by atoms with van der Waals surface area (Å²) in [5, 5.41) is 7.19. The van der Waals surface area contributed by atoms with Gasteiger partial charge in [0, 0.05) is 51.0 Å². The van der Waals surface area contributed by atoms with Crippen LogP contribution in [0.3, 0.4) is 0 Å². The summed E-state index contributed by atoms with van der Waals surface area (Å²) in [6, 6.07) is 11.7. The molecule has 1 aliphatic rings. The molecule has 1 unspecified atom stereocenters. The number of carbonyl (C=O) groups is 4. The van der Waals surface area contributed by atoms with Crippen molar-refractivity contribution in [3.8, 4) is 5.75 Å². The number of fused-ring (bicyclic) bond motifs is 1. The molecule has 2 amide bonds. The molecule has 1 saturated heterocycles. The molecule has 4 rings (SSSR count). The molecule has 1 aliphatic heterocycles. The zero-order chi connectivity index (χ0) is 34.8. The summed E-state index contributed by atoms with van der Waals surface area (Å²) in [5.41, 5.74) is -0.435. The van der Waals surface area contributed by atoms with E-state index in [1.54, 1.807) is 7.11 Å². The van der Waals surface area contributed by atoms with Gasteiger partial charge in [-0.05, 0) is 47.4 Å². The van der Waals surface area contributed by atoms with Crippen molar-refractivity contribution in [2.75, 3.05) is 20.7 Å². The fourth-order valence-electron chi connectivity index (χ4n) is 5.50. The number of carbonyl (C=O) groups excluding carboxylic acids is 4. The number of aromatic amines is 1. The van der Waals surface area contributed by atoms with Gasteiger partial charge in [0.1, 0.15) is 23.9 Å². The third-order valence-electron chi connectivity index (χ3n) is 8.37. The number of Topliss-reactive ketones (excluding diaryl/α,β-unsaturated/α-hetero) is 1. The van der Waals surface area contributed by atoms with E-state index >= 15 is 0 Å². The predicted octanol–water partition coefficient (Wildman–Crippen LogP) is 3.75. The van der Waals surface area contributed by atoms with Crippen molar-refractivity contribution in [1.82, 2.24) is 20.2 Å². The van der Waals surface area contributed by atoms with Gasteiger partial charge in [-0.15, -0.1) is 0 Å². The van der Waals surface area contributed by atoms with E-state index in [2.05, 4.69) is 15.6 Å². The van der Waals surface area contributed by atoms with Crippen LogP contribution >= 0.6 is 0 Å². The van der Waals surface area contributed by atoms with E-state index in [0.717, 1.165) is 22.1 Å². The van der Waals surface area contributed by atoms with Crippen LogP contribution in [-0.4, -0.2) is 66.0 Å². The molecule has 49 heavy (non-hydrogen) atoms. The average Bonchev–Trinajstić information content (AvgIpc) is 3.49. The van der Waals surface area contributed by atoms with Gasteiger partial charge in [-0.3, -0.25) is 33.5 Å². The van der Waals surface area contributed by atoms with Crippen LogP contribution in [0.2, 0.25) is 0 Å². The summed E-state index contributed by atoms with van der Waals surface area (Å²) in [6.45, 7) is 3.97. The molecule has 13 nitrogen and oxygen atoms in total. The van der Waals surface area contributed by atoms with Gasteiger partial charge in [-0.25, -0.2) is 4.79 Å². The normalized spacial score (nSPS) is 17.7. The van der Waals surface area contributed by atoms with Crippen LogP contribution in [0, 0.1) is 0 Å². The summed E-state index contributed by atoms with van der Waals surface area (Å²) < 4.78 is 18.0. The van der Waals surface area contributed by atoms with E-state index in [1.165, 1.54) is 30.0 Å². The van der Waals surface area contributed by atoms with Gasteiger partial charge in [0.25, 0.3) is 5.56 Å². The van der Waals surface area contributed by atoms with Gasteiger partial charge in [0.15, 0.2) is 0 Å². The van der Waals surface area contributed by atoms with Gasteiger partial charge in [0.2, 0.25) is 11.8 Å². The van der Waals surface area contributed by atoms with Crippen LogP contribution in [0.4, 0.5) is 0 Å². The maximum absolute atomic E-state index is 12.9. The second kappa shape index (κ2) is 17.9. The summed E-state index contributed by atoms with van der Waals surface area (Å²) in [6.07, 6.45) is 3.07. The van der Waals surface area contributed by atoms with E-state index in [9.17, 15) is 28.8 Å². The Morgan fingerprint density at radius 2 is 1.82 bits per heavy atom. The zero-order valence-electron chi connectivity index (χ0n) is 27.6. The van der Waals surface area contributed by atoms with Crippen LogP contribution in [0.25, 0.3) is 16.8 Å². The minimum absolute atomic E-state index is 0. The lowest BCUT2D eigenvalue weighted by Gasteiger charge is -2.17. The first-order chi connectivity index (χ1) is 23.0. The van der Waals surface area contributed by atoms with Crippen molar-refractivity contribution in [1.29, 1.82) is 0 Å². The summed E-state index contributed by atoms with van der Waals surface area (Å²) in [4.78, 5) is 76.4. The highest BCUT2D eigenvalue weighted by Crippen LogP contribution is 2.32. The number of amides is 2. The van der Waals surface area contributed by atoms with Crippen LogP contribution in [0.15, 0.2) is 58.3 Å². The van der Waals surface area contributed by atoms with Crippen LogP contribution in [0.1, 0.15) is 83.1 Å². The monoisotopic (exact) mass is 678 g/mol. The van der Waals surface area contributed by atoms with Crippen molar-refractivity contribution in [3.05, 3.63) is 80.6 Å². The van der Waals surface area contributed by atoms with Crippen LogP contribution in [-0.2, 0) is 28.7 Å². The zero-order valence-corrected chi connectivity index (χ0v) is 27.6. The largest absolute Gasteiger partial charge is 0.497 e. The minimum atomic E-state index is -0.824. The lowest BCUT2D eigenvalue weighted by Crippen LogP contribution is -2.33. The highest BCUT2D eigenvalue weighted by molar-refractivity contribution is 5.92. The Morgan fingerprint density at radius 3 is 2.53 bits per heavy atom. The van der Waals surface area contributed by atoms with Crippen molar-refractivity contribution in [3.63, 3.8) is 0 Å². The minimum Gasteiger partial charge on any atom is -0.497 e. The first kappa shape index (κ1) is 38.4. The van der Waals surface area contributed by atoms with Gasteiger partial charge in [-0.1, -0.05) is 45.5 Å².